The van der Waals surface area contributed by atoms with Gasteiger partial charge in [0, 0.05) is 23.4 Å². The van der Waals surface area contributed by atoms with Gasteiger partial charge in [-0.3, -0.25) is 19.5 Å². The summed E-state index contributed by atoms with van der Waals surface area (Å²) in [7, 11) is -4.59. The third-order valence-corrected chi connectivity index (χ3v) is 3.80. The van der Waals surface area contributed by atoms with Gasteiger partial charge in [0.25, 0.3) is 15.8 Å². The number of rotatable bonds is 5. The SMILES string of the molecule is CCC(C(=O)c1cc([N+](=O)[O-])ccc1N)S(=O)(=O)O. The van der Waals surface area contributed by atoms with Gasteiger partial charge in [-0.05, 0) is 12.5 Å². The summed E-state index contributed by atoms with van der Waals surface area (Å²) in [6.07, 6.45) is -0.167. The Labute approximate surface area is 109 Å². The molecule has 1 aromatic carbocycles. The number of nitrogens with two attached hydrogens (primary N) is 1. The minimum absolute atomic E-state index is 0.0855. The van der Waals surface area contributed by atoms with E-state index in [0.717, 1.165) is 18.2 Å². The molecule has 104 valence electrons. The van der Waals surface area contributed by atoms with Crippen molar-refractivity contribution in [2.45, 2.75) is 18.6 Å². The number of nitrogen functional groups attached to an aromatic ring is 1. The predicted molar refractivity (Wildman–Crippen MR) is 67.5 cm³/mol. The molecule has 1 rings (SSSR count). The molecule has 3 N–H and O–H groups in total. The summed E-state index contributed by atoms with van der Waals surface area (Å²) in [4.78, 5) is 21.9. The van der Waals surface area contributed by atoms with Gasteiger partial charge >= 0.3 is 0 Å². The number of nitro benzene ring substituents is 1. The lowest BCUT2D eigenvalue weighted by atomic mass is 10.0. The van der Waals surface area contributed by atoms with Crippen molar-refractivity contribution in [3.05, 3.63) is 33.9 Å². The second kappa shape index (κ2) is 5.33. The highest BCUT2D eigenvalue weighted by Crippen LogP contribution is 2.23. The van der Waals surface area contributed by atoms with Gasteiger partial charge in [0.15, 0.2) is 5.78 Å². The van der Waals surface area contributed by atoms with Gasteiger partial charge in [-0.25, -0.2) is 0 Å². The Morgan fingerprint density at radius 1 is 1.53 bits per heavy atom. The Morgan fingerprint density at radius 3 is 2.53 bits per heavy atom. The van der Waals surface area contributed by atoms with Crippen molar-refractivity contribution >= 4 is 27.3 Å². The standard InChI is InChI=1S/C10H12N2O6S/c1-2-9(19(16,17)18)10(13)7-5-6(12(14)15)3-4-8(7)11/h3-5,9H,2,11H2,1H3,(H,16,17,18). The van der Waals surface area contributed by atoms with Gasteiger partial charge in [-0.15, -0.1) is 0 Å². The van der Waals surface area contributed by atoms with Gasteiger partial charge in [0.1, 0.15) is 5.25 Å². The molecule has 0 aliphatic rings. The number of Topliss-reactive ketones (excluding diaryl/α,β-unsaturated/α-hetero) is 1. The van der Waals surface area contributed by atoms with Crippen LogP contribution in [0.25, 0.3) is 0 Å². The van der Waals surface area contributed by atoms with E-state index in [0.29, 0.717) is 0 Å². The first-order chi connectivity index (χ1) is 8.68. The average molecular weight is 288 g/mol. The van der Waals surface area contributed by atoms with Crippen LogP contribution in [0.3, 0.4) is 0 Å². The van der Waals surface area contributed by atoms with E-state index in [2.05, 4.69) is 0 Å². The van der Waals surface area contributed by atoms with Crippen LogP contribution in [-0.2, 0) is 10.1 Å². The first kappa shape index (κ1) is 15.1. The second-order valence-corrected chi connectivity index (χ2v) is 5.40. The van der Waals surface area contributed by atoms with Crippen molar-refractivity contribution in [2.24, 2.45) is 0 Å². The van der Waals surface area contributed by atoms with Gasteiger partial charge in [0.05, 0.1) is 4.92 Å². The summed E-state index contributed by atoms with van der Waals surface area (Å²) >= 11 is 0. The minimum atomic E-state index is -4.59. The van der Waals surface area contributed by atoms with E-state index in [1.165, 1.54) is 6.92 Å². The zero-order valence-corrected chi connectivity index (χ0v) is 10.8. The number of nitro groups is 1. The predicted octanol–water partition coefficient (Wildman–Crippen LogP) is 1.03. The highest BCUT2D eigenvalue weighted by atomic mass is 32.2. The second-order valence-electron chi connectivity index (χ2n) is 3.80. The number of hydrogen-bond donors (Lipinski definition) is 2. The van der Waals surface area contributed by atoms with E-state index in [4.69, 9.17) is 10.3 Å². The van der Waals surface area contributed by atoms with Crippen LogP contribution < -0.4 is 5.73 Å². The molecule has 1 aromatic rings. The van der Waals surface area contributed by atoms with E-state index in [1.54, 1.807) is 0 Å². The van der Waals surface area contributed by atoms with E-state index < -0.39 is 26.1 Å². The lowest BCUT2D eigenvalue weighted by molar-refractivity contribution is -0.384. The van der Waals surface area contributed by atoms with E-state index in [1.807, 2.05) is 0 Å². The third kappa shape index (κ3) is 3.26. The van der Waals surface area contributed by atoms with Crippen molar-refractivity contribution < 1.29 is 22.7 Å². The molecule has 0 aliphatic heterocycles. The molecule has 9 heteroatoms. The molecule has 8 nitrogen and oxygen atoms in total. The van der Waals surface area contributed by atoms with Crippen LogP contribution in [0.4, 0.5) is 11.4 Å². The summed E-state index contributed by atoms with van der Waals surface area (Å²) in [6.45, 7) is 1.39. The van der Waals surface area contributed by atoms with Crippen LogP contribution in [0, 0.1) is 10.1 Å². The largest absolute Gasteiger partial charge is 0.398 e. The molecule has 0 heterocycles. The highest BCUT2D eigenvalue weighted by molar-refractivity contribution is 7.87. The molecule has 0 fully saturated rings. The van der Waals surface area contributed by atoms with Crippen LogP contribution in [0.15, 0.2) is 18.2 Å². The van der Waals surface area contributed by atoms with Crippen molar-refractivity contribution in [1.82, 2.24) is 0 Å². The monoisotopic (exact) mass is 288 g/mol. The summed E-state index contributed by atoms with van der Waals surface area (Å²) in [5.74, 6) is -0.966. The van der Waals surface area contributed by atoms with Crippen molar-refractivity contribution in [2.75, 3.05) is 5.73 Å². The van der Waals surface area contributed by atoms with E-state index in [9.17, 15) is 23.3 Å². The molecule has 0 bridgehead atoms. The molecule has 0 aromatic heterocycles. The van der Waals surface area contributed by atoms with Crippen LogP contribution in [0.5, 0.6) is 0 Å². The van der Waals surface area contributed by atoms with Gasteiger partial charge in [-0.2, -0.15) is 8.42 Å². The number of non-ortho nitro benzene ring substituents is 1. The molecule has 0 amide bonds. The molecule has 1 unspecified atom stereocenters. The number of hydrogen-bond acceptors (Lipinski definition) is 6. The van der Waals surface area contributed by atoms with Gasteiger partial charge < -0.3 is 5.73 Å². The minimum Gasteiger partial charge on any atom is -0.398 e. The molecule has 0 aliphatic carbocycles. The summed E-state index contributed by atoms with van der Waals surface area (Å²) in [5.41, 5.74) is 4.74. The summed E-state index contributed by atoms with van der Waals surface area (Å²) < 4.78 is 31.1. The van der Waals surface area contributed by atoms with Crippen molar-refractivity contribution in [3.8, 4) is 0 Å². The fourth-order valence-corrected chi connectivity index (χ4v) is 2.39. The first-order valence-electron chi connectivity index (χ1n) is 5.23. The Kier molecular flexibility index (Phi) is 4.22. The first-order valence-corrected chi connectivity index (χ1v) is 6.73. The molecule has 0 radical (unpaired) electrons. The molecule has 19 heavy (non-hydrogen) atoms. The summed E-state index contributed by atoms with van der Waals surface area (Å²) in [6, 6.07) is 3.13. The zero-order chi connectivity index (χ0) is 14.8. The summed E-state index contributed by atoms with van der Waals surface area (Å²) in [5, 5.41) is 8.93. The van der Waals surface area contributed by atoms with Crippen molar-refractivity contribution in [3.63, 3.8) is 0 Å². The molecular formula is C10H12N2O6S. The smallest absolute Gasteiger partial charge is 0.275 e. The Morgan fingerprint density at radius 2 is 2.11 bits per heavy atom. The Hall–Kier alpha value is -2.00. The number of nitrogens with zero attached hydrogens (tertiary/aromatic N) is 1. The van der Waals surface area contributed by atoms with Crippen LogP contribution >= 0.6 is 0 Å². The van der Waals surface area contributed by atoms with Crippen LogP contribution in [0.2, 0.25) is 0 Å². The maximum atomic E-state index is 12.0. The van der Waals surface area contributed by atoms with E-state index in [-0.39, 0.29) is 23.4 Å². The average Bonchev–Trinajstić information content (AvgIpc) is 2.27. The van der Waals surface area contributed by atoms with Gasteiger partial charge in [-0.1, -0.05) is 6.92 Å². The highest BCUT2D eigenvalue weighted by Gasteiger charge is 2.31. The topological polar surface area (TPSA) is 141 Å². The van der Waals surface area contributed by atoms with Crippen LogP contribution in [0.1, 0.15) is 23.7 Å². The maximum absolute atomic E-state index is 12.0. The number of anilines is 1. The molecule has 0 spiro atoms. The Balaban J connectivity index is 3.33. The molecule has 0 saturated carbocycles. The lowest BCUT2D eigenvalue weighted by Crippen LogP contribution is -2.29. The lowest BCUT2D eigenvalue weighted by Gasteiger charge is -2.11. The third-order valence-electron chi connectivity index (χ3n) is 2.54. The Bertz CT molecular complexity index is 625. The number of benzene rings is 1. The van der Waals surface area contributed by atoms with Gasteiger partial charge in [0.2, 0.25) is 0 Å². The molecule has 1 atom stereocenters. The number of ketones is 1. The maximum Gasteiger partial charge on any atom is 0.275 e. The molecule has 0 saturated heterocycles. The number of carbonyl (C=O) groups is 1. The fraction of sp³-hybridized carbons (Fsp3) is 0.300. The number of carbonyl (C=O) groups excluding carboxylic acids is 1. The van der Waals surface area contributed by atoms with E-state index >= 15 is 0 Å². The fourth-order valence-electron chi connectivity index (χ4n) is 1.58. The van der Waals surface area contributed by atoms with Crippen LogP contribution in [-0.4, -0.2) is 28.9 Å². The molecular weight excluding hydrogens is 276 g/mol. The normalized spacial score (nSPS) is 12.9. The quantitative estimate of drug-likeness (QED) is 0.271. The zero-order valence-electron chi connectivity index (χ0n) is 9.94. The van der Waals surface area contributed by atoms with Crippen molar-refractivity contribution in [1.29, 1.82) is 0 Å².